The summed E-state index contributed by atoms with van der Waals surface area (Å²) in [4.78, 5) is 0. The monoisotopic (exact) mass is 385 g/mol. The number of furan rings is 1. The van der Waals surface area contributed by atoms with E-state index in [1.54, 1.807) is 6.26 Å². The predicted molar refractivity (Wildman–Crippen MR) is 122 cm³/mol. The predicted octanol–water partition coefficient (Wildman–Crippen LogP) is 5.60. The van der Waals surface area contributed by atoms with Crippen molar-refractivity contribution in [2.75, 3.05) is 6.16 Å². The van der Waals surface area contributed by atoms with Crippen molar-refractivity contribution in [2.45, 2.75) is 19.3 Å². The first-order valence-electron chi connectivity index (χ1n) is 9.95. The normalized spacial score (nSPS) is 11.4. The highest BCUT2D eigenvalue weighted by atomic mass is 31.2. The highest BCUT2D eigenvalue weighted by Gasteiger charge is 2.44. The lowest BCUT2D eigenvalue weighted by atomic mass is 10.2. The highest BCUT2D eigenvalue weighted by molar-refractivity contribution is 7.95. The van der Waals surface area contributed by atoms with E-state index in [0.717, 1.165) is 6.42 Å². The van der Waals surface area contributed by atoms with Gasteiger partial charge in [-0.05, 0) is 67.3 Å². The van der Waals surface area contributed by atoms with Gasteiger partial charge in [-0.3, -0.25) is 0 Å². The van der Waals surface area contributed by atoms with Crippen LogP contribution in [0.4, 0.5) is 0 Å². The van der Waals surface area contributed by atoms with Gasteiger partial charge >= 0.3 is 0 Å². The van der Waals surface area contributed by atoms with Crippen molar-refractivity contribution < 1.29 is 4.42 Å². The van der Waals surface area contributed by atoms with Gasteiger partial charge < -0.3 is 4.42 Å². The van der Waals surface area contributed by atoms with Crippen LogP contribution in [0.5, 0.6) is 0 Å². The SMILES string of the molecule is c1ccc([P+](CCCCc2ccoc2)(c2ccccc2)c2ccccc2)cc1. The molecule has 0 fully saturated rings. The molecule has 0 N–H and O–H groups in total. The Hall–Kier alpha value is -2.63. The summed E-state index contributed by atoms with van der Waals surface area (Å²) in [7, 11) is -1.68. The lowest BCUT2D eigenvalue weighted by molar-refractivity contribution is 0.563. The molecule has 0 aliphatic rings. The lowest BCUT2D eigenvalue weighted by Gasteiger charge is -2.27. The van der Waals surface area contributed by atoms with E-state index in [0.29, 0.717) is 0 Å². The summed E-state index contributed by atoms with van der Waals surface area (Å²) in [6.07, 6.45) is 8.27. The molecule has 1 nitrogen and oxygen atoms in total. The maximum Gasteiger partial charge on any atom is 0.112 e. The summed E-state index contributed by atoms with van der Waals surface area (Å²) in [6, 6.07) is 35.5. The van der Waals surface area contributed by atoms with Crippen molar-refractivity contribution >= 4 is 23.2 Å². The van der Waals surface area contributed by atoms with Crippen molar-refractivity contribution in [3.05, 3.63) is 115 Å². The quantitative estimate of drug-likeness (QED) is 0.284. The molecule has 0 radical (unpaired) electrons. The summed E-state index contributed by atoms with van der Waals surface area (Å²) in [5, 5.41) is 4.40. The van der Waals surface area contributed by atoms with Crippen molar-refractivity contribution in [3.8, 4) is 0 Å². The summed E-state index contributed by atoms with van der Waals surface area (Å²) < 4.78 is 5.23. The second-order valence-corrected chi connectivity index (χ2v) is 10.7. The third-order valence-corrected chi connectivity index (χ3v) is 9.91. The zero-order valence-corrected chi connectivity index (χ0v) is 17.0. The molecule has 0 saturated heterocycles. The van der Waals surface area contributed by atoms with E-state index in [1.807, 2.05) is 6.26 Å². The Kier molecular flexibility index (Phi) is 6.04. The van der Waals surface area contributed by atoms with E-state index in [1.165, 1.54) is 40.5 Å². The second kappa shape index (κ2) is 9.04. The van der Waals surface area contributed by atoms with Gasteiger partial charge in [0.2, 0.25) is 0 Å². The van der Waals surface area contributed by atoms with Crippen LogP contribution in [0.15, 0.2) is 114 Å². The van der Waals surface area contributed by atoms with Crippen LogP contribution >= 0.6 is 7.26 Å². The Morgan fingerprint density at radius 2 is 1.07 bits per heavy atom. The Morgan fingerprint density at radius 3 is 1.50 bits per heavy atom. The largest absolute Gasteiger partial charge is 0.472 e. The van der Waals surface area contributed by atoms with Gasteiger partial charge in [0, 0.05) is 0 Å². The van der Waals surface area contributed by atoms with E-state index in [-0.39, 0.29) is 0 Å². The molecule has 2 heteroatoms. The third kappa shape index (κ3) is 3.96. The van der Waals surface area contributed by atoms with Crippen LogP contribution in [0, 0.1) is 0 Å². The van der Waals surface area contributed by atoms with Crippen LogP contribution < -0.4 is 15.9 Å². The fourth-order valence-corrected chi connectivity index (χ4v) is 8.41. The third-order valence-electron chi connectivity index (χ3n) is 5.38. The van der Waals surface area contributed by atoms with E-state index in [4.69, 9.17) is 4.42 Å². The summed E-state index contributed by atoms with van der Waals surface area (Å²) in [5.41, 5.74) is 1.29. The molecule has 0 aliphatic carbocycles. The number of benzene rings is 3. The number of hydrogen-bond acceptors (Lipinski definition) is 1. The molecule has 140 valence electrons. The standard InChI is InChI=1S/C26H26OP/c1-4-13-24(14-5-1)28(25-15-6-2-7-16-25,26-17-8-3-9-18-26)21-11-10-12-23-19-20-27-22-23/h1-9,13-20,22H,10-12,21H2/q+1. The smallest absolute Gasteiger partial charge is 0.112 e. The van der Waals surface area contributed by atoms with Gasteiger partial charge in [0.25, 0.3) is 0 Å². The van der Waals surface area contributed by atoms with Gasteiger partial charge in [0.1, 0.15) is 23.2 Å². The molecule has 0 amide bonds. The van der Waals surface area contributed by atoms with E-state index in [9.17, 15) is 0 Å². The van der Waals surface area contributed by atoms with Crippen LogP contribution in [0.25, 0.3) is 0 Å². The topological polar surface area (TPSA) is 13.1 Å². The van der Waals surface area contributed by atoms with Gasteiger partial charge in [-0.2, -0.15) is 0 Å². The number of aryl methyl sites for hydroxylation is 1. The van der Waals surface area contributed by atoms with Crippen molar-refractivity contribution in [3.63, 3.8) is 0 Å². The van der Waals surface area contributed by atoms with Crippen molar-refractivity contribution in [1.29, 1.82) is 0 Å². The lowest BCUT2D eigenvalue weighted by Crippen LogP contribution is -2.33. The van der Waals surface area contributed by atoms with Gasteiger partial charge in [0.05, 0.1) is 18.7 Å². The van der Waals surface area contributed by atoms with Crippen molar-refractivity contribution in [2.24, 2.45) is 0 Å². The molecule has 0 bridgehead atoms. The number of unbranched alkanes of at least 4 members (excludes halogenated alkanes) is 1. The van der Waals surface area contributed by atoms with E-state index in [2.05, 4.69) is 97.1 Å². The number of rotatable bonds is 8. The summed E-state index contributed by atoms with van der Waals surface area (Å²) >= 11 is 0. The fourth-order valence-electron chi connectivity index (χ4n) is 3.99. The van der Waals surface area contributed by atoms with Crippen LogP contribution in [0.3, 0.4) is 0 Å². The highest BCUT2D eigenvalue weighted by Crippen LogP contribution is 2.55. The zero-order valence-electron chi connectivity index (χ0n) is 16.1. The molecular weight excluding hydrogens is 359 g/mol. The van der Waals surface area contributed by atoms with Gasteiger partial charge in [-0.1, -0.05) is 54.6 Å². The minimum atomic E-state index is -1.68. The first-order chi connectivity index (χ1) is 13.9. The Morgan fingerprint density at radius 1 is 0.571 bits per heavy atom. The first kappa shape index (κ1) is 18.7. The van der Waals surface area contributed by atoms with E-state index >= 15 is 0 Å². The van der Waals surface area contributed by atoms with Crippen LogP contribution in [0.2, 0.25) is 0 Å². The molecule has 4 rings (SSSR count). The molecule has 0 atom stereocenters. The molecular formula is C26H26OP+. The Balaban J connectivity index is 1.72. The average Bonchev–Trinajstić information content (AvgIpc) is 3.30. The molecule has 0 spiro atoms. The first-order valence-corrected chi connectivity index (χ1v) is 11.9. The van der Waals surface area contributed by atoms with E-state index < -0.39 is 7.26 Å². The fraction of sp³-hybridized carbons (Fsp3) is 0.154. The van der Waals surface area contributed by atoms with Crippen LogP contribution in [-0.4, -0.2) is 6.16 Å². The summed E-state index contributed by atoms with van der Waals surface area (Å²) in [6.45, 7) is 0. The molecule has 0 unspecified atom stereocenters. The zero-order chi connectivity index (χ0) is 19.1. The van der Waals surface area contributed by atoms with Gasteiger partial charge in [-0.25, -0.2) is 0 Å². The minimum absolute atomic E-state index is 1.08. The summed E-state index contributed by atoms with van der Waals surface area (Å²) in [5.74, 6) is 0. The van der Waals surface area contributed by atoms with Gasteiger partial charge in [0.15, 0.2) is 0 Å². The molecule has 0 saturated carbocycles. The van der Waals surface area contributed by atoms with Crippen LogP contribution in [-0.2, 0) is 6.42 Å². The maximum absolute atomic E-state index is 5.23. The van der Waals surface area contributed by atoms with Gasteiger partial charge in [-0.15, -0.1) is 0 Å². The molecule has 0 aliphatic heterocycles. The minimum Gasteiger partial charge on any atom is -0.472 e. The molecule has 3 aromatic carbocycles. The molecule has 4 aromatic rings. The number of hydrogen-bond donors (Lipinski definition) is 0. The Bertz CT molecular complexity index is 851. The van der Waals surface area contributed by atoms with Crippen LogP contribution in [0.1, 0.15) is 18.4 Å². The molecule has 28 heavy (non-hydrogen) atoms. The molecule has 1 heterocycles. The average molecular weight is 385 g/mol. The maximum atomic E-state index is 5.23. The Labute approximate surface area is 168 Å². The second-order valence-electron chi connectivity index (χ2n) is 7.13. The molecule has 1 aromatic heterocycles. The van der Waals surface area contributed by atoms with Crippen molar-refractivity contribution in [1.82, 2.24) is 0 Å².